The summed E-state index contributed by atoms with van der Waals surface area (Å²) in [6.45, 7) is -0.0262. The van der Waals surface area contributed by atoms with Gasteiger partial charge in [-0.25, -0.2) is 4.79 Å². The first-order chi connectivity index (χ1) is 12.6. The molecule has 1 saturated heterocycles. The standard InChI is InChI=1S/C16H16N6O4/c17-21-18-9-12-11(23)8-14(26-12)22-7-6-13(20-16(22)25)19-15(24)10-4-2-1-3-5-10/h1-7,11-12,14,23H,8-9H2,(H,19,20,24,25)/t11?,12-,14-/m1/s1. The van der Waals surface area contributed by atoms with Crippen LogP contribution in [-0.4, -0.2) is 39.3 Å². The topological polar surface area (TPSA) is 142 Å². The van der Waals surface area contributed by atoms with Crippen LogP contribution in [0.3, 0.4) is 0 Å². The van der Waals surface area contributed by atoms with Crippen molar-refractivity contribution < 1.29 is 14.6 Å². The fourth-order valence-electron chi connectivity index (χ4n) is 2.65. The second-order valence-corrected chi connectivity index (χ2v) is 5.67. The number of azide groups is 1. The van der Waals surface area contributed by atoms with Crippen LogP contribution in [0, 0.1) is 0 Å². The van der Waals surface area contributed by atoms with Crippen LogP contribution >= 0.6 is 0 Å². The molecule has 1 amide bonds. The Labute approximate surface area is 147 Å². The van der Waals surface area contributed by atoms with Gasteiger partial charge in [0.2, 0.25) is 0 Å². The van der Waals surface area contributed by atoms with Gasteiger partial charge in [-0.2, -0.15) is 4.98 Å². The third-order valence-corrected chi connectivity index (χ3v) is 3.95. The van der Waals surface area contributed by atoms with Crippen LogP contribution < -0.4 is 11.0 Å². The van der Waals surface area contributed by atoms with E-state index in [4.69, 9.17) is 10.3 Å². The number of ether oxygens (including phenoxy) is 1. The molecule has 10 nitrogen and oxygen atoms in total. The summed E-state index contributed by atoms with van der Waals surface area (Å²) in [7, 11) is 0. The third-order valence-electron chi connectivity index (χ3n) is 3.95. The van der Waals surface area contributed by atoms with Gasteiger partial charge in [-0.3, -0.25) is 9.36 Å². The van der Waals surface area contributed by atoms with E-state index in [2.05, 4.69) is 20.3 Å². The minimum Gasteiger partial charge on any atom is -0.390 e. The highest BCUT2D eigenvalue weighted by atomic mass is 16.5. The molecule has 0 saturated carbocycles. The SMILES string of the molecule is [N-]=[N+]=NC[C@H]1O[C@@H](n2ccc(NC(=O)c3ccccc3)nc2=O)CC1O. The number of carbonyl (C=O) groups excluding carboxylic acids is 1. The van der Waals surface area contributed by atoms with Gasteiger partial charge >= 0.3 is 5.69 Å². The lowest BCUT2D eigenvalue weighted by molar-refractivity contribution is -0.0149. The summed E-state index contributed by atoms with van der Waals surface area (Å²) in [5.74, 6) is -0.263. The minimum absolute atomic E-state index is 0.0262. The van der Waals surface area contributed by atoms with Crippen molar-refractivity contribution in [1.29, 1.82) is 0 Å². The highest BCUT2D eigenvalue weighted by Gasteiger charge is 2.35. The molecule has 3 rings (SSSR count). The Morgan fingerprint density at radius 1 is 1.42 bits per heavy atom. The number of anilines is 1. The fraction of sp³-hybridized carbons (Fsp3) is 0.312. The highest BCUT2D eigenvalue weighted by molar-refractivity contribution is 6.03. The van der Waals surface area contributed by atoms with Crippen molar-refractivity contribution in [3.05, 3.63) is 69.1 Å². The lowest BCUT2D eigenvalue weighted by atomic mass is 10.2. The largest absolute Gasteiger partial charge is 0.390 e. The third kappa shape index (κ3) is 3.89. The molecule has 1 aliphatic heterocycles. The first kappa shape index (κ1) is 17.6. The Kier molecular flexibility index (Phi) is 5.28. The van der Waals surface area contributed by atoms with Crippen molar-refractivity contribution in [1.82, 2.24) is 9.55 Å². The van der Waals surface area contributed by atoms with Gasteiger partial charge in [-0.05, 0) is 23.7 Å². The highest BCUT2D eigenvalue weighted by Crippen LogP contribution is 2.27. The van der Waals surface area contributed by atoms with Gasteiger partial charge in [0.1, 0.15) is 12.0 Å². The maximum Gasteiger partial charge on any atom is 0.351 e. The average Bonchev–Trinajstić information content (AvgIpc) is 3.01. The number of aromatic nitrogens is 2. The summed E-state index contributed by atoms with van der Waals surface area (Å²) in [6, 6.07) is 10.0. The van der Waals surface area contributed by atoms with Crippen molar-refractivity contribution in [3.8, 4) is 0 Å². The van der Waals surface area contributed by atoms with Crippen LogP contribution in [0.5, 0.6) is 0 Å². The van der Waals surface area contributed by atoms with Crippen molar-refractivity contribution in [2.75, 3.05) is 11.9 Å². The van der Waals surface area contributed by atoms with Gasteiger partial charge < -0.3 is 15.2 Å². The van der Waals surface area contributed by atoms with Gasteiger partial charge in [0.05, 0.1) is 18.8 Å². The van der Waals surface area contributed by atoms with E-state index in [1.165, 1.54) is 16.8 Å². The summed E-state index contributed by atoms with van der Waals surface area (Å²) in [6.07, 6.45) is -0.649. The van der Waals surface area contributed by atoms with Gasteiger partial charge in [-0.15, -0.1) is 0 Å². The number of nitrogens with zero attached hydrogens (tertiary/aromatic N) is 5. The maximum atomic E-state index is 12.2. The summed E-state index contributed by atoms with van der Waals surface area (Å²) >= 11 is 0. The molecule has 1 unspecified atom stereocenters. The number of rotatable bonds is 5. The molecule has 2 aromatic rings. The number of carbonyl (C=O) groups is 1. The van der Waals surface area contributed by atoms with E-state index < -0.39 is 24.1 Å². The van der Waals surface area contributed by atoms with Crippen molar-refractivity contribution in [2.45, 2.75) is 24.9 Å². The molecular weight excluding hydrogens is 340 g/mol. The Hall–Kier alpha value is -3.20. The predicted octanol–water partition coefficient (Wildman–Crippen LogP) is 1.45. The van der Waals surface area contributed by atoms with E-state index >= 15 is 0 Å². The summed E-state index contributed by atoms with van der Waals surface area (Å²) in [5, 5.41) is 15.9. The number of benzene rings is 1. The summed E-state index contributed by atoms with van der Waals surface area (Å²) < 4.78 is 6.77. The molecule has 1 aliphatic rings. The van der Waals surface area contributed by atoms with Crippen LogP contribution in [0.1, 0.15) is 23.0 Å². The number of aliphatic hydroxyl groups is 1. The molecule has 0 aliphatic carbocycles. The Morgan fingerprint density at radius 2 is 2.19 bits per heavy atom. The molecule has 1 fully saturated rings. The number of aliphatic hydroxyl groups excluding tert-OH is 1. The lowest BCUT2D eigenvalue weighted by Gasteiger charge is -2.14. The first-order valence-electron chi connectivity index (χ1n) is 7.88. The van der Waals surface area contributed by atoms with Crippen LogP contribution in [0.25, 0.3) is 10.4 Å². The lowest BCUT2D eigenvalue weighted by Crippen LogP contribution is -2.28. The molecular formula is C16H16N6O4. The number of amides is 1. The van der Waals surface area contributed by atoms with E-state index in [0.717, 1.165) is 0 Å². The molecule has 0 bridgehead atoms. The van der Waals surface area contributed by atoms with E-state index in [-0.39, 0.29) is 24.7 Å². The quantitative estimate of drug-likeness (QED) is 0.473. The van der Waals surface area contributed by atoms with Crippen LogP contribution in [0.15, 0.2) is 52.5 Å². The zero-order valence-electron chi connectivity index (χ0n) is 13.6. The number of hydrogen-bond donors (Lipinski definition) is 2. The average molecular weight is 356 g/mol. The van der Waals surface area contributed by atoms with Gasteiger partial charge in [0, 0.05) is 23.1 Å². The van der Waals surface area contributed by atoms with E-state index in [9.17, 15) is 14.7 Å². The zero-order valence-corrected chi connectivity index (χ0v) is 13.6. The van der Waals surface area contributed by atoms with Gasteiger partial charge in [0.25, 0.3) is 5.91 Å². The second kappa shape index (κ2) is 7.79. The van der Waals surface area contributed by atoms with Crippen LogP contribution in [0.2, 0.25) is 0 Å². The number of hydrogen-bond acceptors (Lipinski definition) is 6. The molecule has 134 valence electrons. The minimum atomic E-state index is -0.852. The molecule has 1 aromatic heterocycles. The molecule has 1 aromatic carbocycles. The van der Waals surface area contributed by atoms with Crippen molar-refractivity contribution in [3.63, 3.8) is 0 Å². The smallest absolute Gasteiger partial charge is 0.351 e. The molecule has 3 atom stereocenters. The predicted molar refractivity (Wildman–Crippen MR) is 91.4 cm³/mol. The normalized spacial score (nSPS) is 21.8. The summed E-state index contributed by atoms with van der Waals surface area (Å²) in [4.78, 5) is 30.8. The van der Waals surface area contributed by atoms with Gasteiger partial charge in [0.15, 0.2) is 0 Å². The number of nitrogens with one attached hydrogen (secondary N) is 1. The Morgan fingerprint density at radius 3 is 2.88 bits per heavy atom. The second-order valence-electron chi connectivity index (χ2n) is 5.67. The van der Waals surface area contributed by atoms with Crippen molar-refractivity contribution in [2.24, 2.45) is 5.11 Å². The maximum absolute atomic E-state index is 12.2. The van der Waals surface area contributed by atoms with E-state index in [0.29, 0.717) is 5.56 Å². The molecule has 26 heavy (non-hydrogen) atoms. The van der Waals surface area contributed by atoms with Crippen molar-refractivity contribution >= 4 is 11.7 Å². The Bertz CT molecular complexity index is 893. The van der Waals surface area contributed by atoms with E-state index in [1.54, 1.807) is 30.3 Å². The van der Waals surface area contributed by atoms with E-state index in [1.807, 2.05) is 0 Å². The van der Waals surface area contributed by atoms with Crippen LogP contribution in [-0.2, 0) is 4.74 Å². The molecule has 2 heterocycles. The fourth-order valence-corrected chi connectivity index (χ4v) is 2.65. The zero-order chi connectivity index (χ0) is 18.5. The monoisotopic (exact) mass is 356 g/mol. The molecule has 0 spiro atoms. The molecule has 10 heteroatoms. The summed E-state index contributed by atoms with van der Waals surface area (Å²) in [5.41, 5.74) is 8.16. The molecule has 0 radical (unpaired) electrons. The van der Waals surface area contributed by atoms with Gasteiger partial charge in [-0.1, -0.05) is 23.3 Å². The van der Waals surface area contributed by atoms with Crippen LogP contribution in [0.4, 0.5) is 5.82 Å². The Balaban J connectivity index is 1.71. The first-order valence-corrected chi connectivity index (χ1v) is 7.88. The molecule has 2 N–H and O–H groups in total.